The molecule has 1 aromatic rings. The fourth-order valence-corrected chi connectivity index (χ4v) is 3.04. The fourth-order valence-electron chi connectivity index (χ4n) is 3.04. The van der Waals surface area contributed by atoms with Gasteiger partial charge in [-0.15, -0.1) is 0 Å². The van der Waals surface area contributed by atoms with E-state index in [1.165, 1.54) is 50.8 Å². The minimum atomic E-state index is 0.440. The van der Waals surface area contributed by atoms with Crippen molar-refractivity contribution < 1.29 is 4.74 Å². The van der Waals surface area contributed by atoms with E-state index in [1.807, 2.05) is 0 Å². The van der Waals surface area contributed by atoms with Gasteiger partial charge in [0.1, 0.15) is 5.75 Å². The maximum atomic E-state index is 6.11. The molecule has 3 rings (SSSR count). The summed E-state index contributed by atoms with van der Waals surface area (Å²) >= 11 is 0. The molecule has 1 fully saturated rings. The maximum absolute atomic E-state index is 6.11. The number of para-hydroxylation sites is 1. The van der Waals surface area contributed by atoms with Gasteiger partial charge < -0.3 is 10.1 Å². The van der Waals surface area contributed by atoms with E-state index in [-0.39, 0.29) is 0 Å². The van der Waals surface area contributed by atoms with Crippen molar-refractivity contribution in [2.45, 2.75) is 38.2 Å². The summed E-state index contributed by atoms with van der Waals surface area (Å²) in [4.78, 5) is 0. The largest absolute Gasteiger partial charge is 0.490 e. The van der Waals surface area contributed by atoms with Crippen molar-refractivity contribution in [3.8, 4) is 5.75 Å². The lowest BCUT2D eigenvalue weighted by molar-refractivity contribution is 0.134. The van der Waals surface area contributed by atoms with Gasteiger partial charge in [-0.1, -0.05) is 18.2 Å². The minimum Gasteiger partial charge on any atom is -0.490 e. The van der Waals surface area contributed by atoms with Crippen molar-refractivity contribution in [1.82, 2.24) is 5.32 Å². The SMILES string of the molecule is c1ccc2c(c1)CCC(CC1CCCNC1)O2. The summed E-state index contributed by atoms with van der Waals surface area (Å²) in [6.45, 7) is 2.38. The first kappa shape index (κ1) is 11.1. The summed E-state index contributed by atoms with van der Waals surface area (Å²) in [7, 11) is 0. The summed E-state index contributed by atoms with van der Waals surface area (Å²) in [5, 5.41) is 3.49. The second-order valence-electron chi connectivity index (χ2n) is 5.33. The van der Waals surface area contributed by atoms with Gasteiger partial charge >= 0.3 is 0 Å². The molecule has 0 radical (unpaired) electrons. The standard InChI is InChI=1S/C15H21NO/c1-2-6-15-13(5-1)7-8-14(17-15)10-12-4-3-9-16-11-12/h1-2,5-6,12,14,16H,3-4,7-11H2. The molecule has 1 N–H and O–H groups in total. The molecule has 0 aromatic heterocycles. The highest BCUT2D eigenvalue weighted by Crippen LogP contribution is 2.30. The third kappa shape index (κ3) is 2.63. The highest BCUT2D eigenvalue weighted by molar-refractivity contribution is 5.35. The van der Waals surface area contributed by atoms with Gasteiger partial charge in [0.25, 0.3) is 0 Å². The predicted molar refractivity (Wildman–Crippen MR) is 69.4 cm³/mol. The Hall–Kier alpha value is -1.02. The van der Waals surface area contributed by atoms with Crippen molar-refractivity contribution in [2.75, 3.05) is 13.1 Å². The first-order chi connectivity index (χ1) is 8.42. The number of ether oxygens (including phenoxy) is 1. The van der Waals surface area contributed by atoms with E-state index in [1.54, 1.807) is 0 Å². The lowest BCUT2D eigenvalue weighted by Gasteiger charge is -2.31. The van der Waals surface area contributed by atoms with Crippen molar-refractivity contribution in [2.24, 2.45) is 5.92 Å². The number of hydrogen-bond donors (Lipinski definition) is 1. The van der Waals surface area contributed by atoms with E-state index < -0.39 is 0 Å². The van der Waals surface area contributed by atoms with Crippen LogP contribution in [0.1, 0.15) is 31.2 Å². The molecule has 0 bridgehead atoms. The Bertz CT molecular complexity index is 371. The average molecular weight is 231 g/mol. The second-order valence-corrected chi connectivity index (χ2v) is 5.33. The lowest BCUT2D eigenvalue weighted by Crippen LogP contribution is -2.34. The van der Waals surface area contributed by atoms with E-state index in [0.717, 1.165) is 11.7 Å². The fraction of sp³-hybridized carbons (Fsp3) is 0.600. The summed E-state index contributed by atoms with van der Waals surface area (Å²) in [5.74, 6) is 1.94. The van der Waals surface area contributed by atoms with Crippen LogP contribution >= 0.6 is 0 Å². The Balaban J connectivity index is 1.60. The van der Waals surface area contributed by atoms with E-state index in [2.05, 4.69) is 29.6 Å². The molecule has 92 valence electrons. The van der Waals surface area contributed by atoms with Crippen LogP contribution in [0.25, 0.3) is 0 Å². The molecule has 1 saturated heterocycles. The van der Waals surface area contributed by atoms with Crippen LogP contribution in [0.5, 0.6) is 5.75 Å². The van der Waals surface area contributed by atoms with Crippen LogP contribution in [0.3, 0.4) is 0 Å². The van der Waals surface area contributed by atoms with Gasteiger partial charge in [0.2, 0.25) is 0 Å². The molecule has 2 unspecified atom stereocenters. The van der Waals surface area contributed by atoms with Crippen LogP contribution in [-0.2, 0) is 6.42 Å². The molecule has 0 aliphatic carbocycles. The lowest BCUT2D eigenvalue weighted by atomic mass is 9.90. The topological polar surface area (TPSA) is 21.3 Å². The monoisotopic (exact) mass is 231 g/mol. The van der Waals surface area contributed by atoms with Gasteiger partial charge in [0.05, 0.1) is 6.10 Å². The molecular formula is C15H21NO. The molecule has 0 spiro atoms. The number of benzene rings is 1. The Labute approximate surface area is 103 Å². The normalized spacial score (nSPS) is 28.2. The van der Waals surface area contributed by atoms with Crippen LogP contribution in [0.4, 0.5) is 0 Å². The number of fused-ring (bicyclic) bond motifs is 1. The Morgan fingerprint density at radius 2 is 2.18 bits per heavy atom. The van der Waals surface area contributed by atoms with E-state index >= 15 is 0 Å². The third-order valence-corrected chi connectivity index (χ3v) is 4.00. The Kier molecular flexibility index (Phi) is 3.32. The molecule has 2 heteroatoms. The summed E-state index contributed by atoms with van der Waals surface area (Å²) < 4.78 is 6.11. The maximum Gasteiger partial charge on any atom is 0.122 e. The van der Waals surface area contributed by atoms with Crippen LogP contribution in [-0.4, -0.2) is 19.2 Å². The molecule has 1 aromatic carbocycles. The molecule has 2 atom stereocenters. The predicted octanol–water partition coefficient (Wildman–Crippen LogP) is 2.77. The molecular weight excluding hydrogens is 210 g/mol. The van der Waals surface area contributed by atoms with Gasteiger partial charge in [-0.2, -0.15) is 0 Å². The molecule has 2 aliphatic rings. The van der Waals surface area contributed by atoms with Crippen molar-refractivity contribution in [3.63, 3.8) is 0 Å². The Morgan fingerprint density at radius 3 is 3.06 bits per heavy atom. The molecule has 0 amide bonds. The third-order valence-electron chi connectivity index (χ3n) is 4.00. The second kappa shape index (κ2) is 5.09. The minimum absolute atomic E-state index is 0.440. The van der Waals surface area contributed by atoms with Crippen LogP contribution in [0, 0.1) is 5.92 Å². The quantitative estimate of drug-likeness (QED) is 0.845. The van der Waals surface area contributed by atoms with Gasteiger partial charge in [-0.05, 0) is 62.7 Å². The zero-order valence-corrected chi connectivity index (χ0v) is 10.3. The van der Waals surface area contributed by atoms with E-state index in [0.29, 0.717) is 6.10 Å². The molecule has 2 nitrogen and oxygen atoms in total. The van der Waals surface area contributed by atoms with Gasteiger partial charge in [-0.3, -0.25) is 0 Å². The van der Waals surface area contributed by atoms with Gasteiger partial charge in [0, 0.05) is 0 Å². The average Bonchev–Trinajstić information content (AvgIpc) is 2.40. The molecule has 17 heavy (non-hydrogen) atoms. The highest BCUT2D eigenvalue weighted by atomic mass is 16.5. The number of hydrogen-bond acceptors (Lipinski definition) is 2. The van der Waals surface area contributed by atoms with E-state index in [4.69, 9.17) is 4.74 Å². The Morgan fingerprint density at radius 1 is 1.24 bits per heavy atom. The molecule has 2 aliphatic heterocycles. The zero-order chi connectivity index (χ0) is 11.5. The number of piperidine rings is 1. The summed E-state index contributed by atoms with van der Waals surface area (Å²) in [6.07, 6.45) is 6.73. The van der Waals surface area contributed by atoms with Crippen molar-refractivity contribution in [1.29, 1.82) is 0 Å². The van der Waals surface area contributed by atoms with Crippen LogP contribution < -0.4 is 10.1 Å². The summed E-state index contributed by atoms with van der Waals surface area (Å²) in [6, 6.07) is 8.48. The van der Waals surface area contributed by atoms with E-state index in [9.17, 15) is 0 Å². The van der Waals surface area contributed by atoms with Gasteiger partial charge in [-0.25, -0.2) is 0 Å². The molecule has 0 saturated carbocycles. The van der Waals surface area contributed by atoms with Gasteiger partial charge in [0.15, 0.2) is 0 Å². The van der Waals surface area contributed by atoms with Crippen LogP contribution in [0.2, 0.25) is 0 Å². The van der Waals surface area contributed by atoms with Crippen molar-refractivity contribution >= 4 is 0 Å². The summed E-state index contributed by atoms with van der Waals surface area (Å²) in [5.41, 5.74) is 1.38. The smallest absolute Gasteiger partial charge is 0.122 e. The number of nitrogens with one attached hydrogen (secondary N) is 1. The first-order valence-electron chi connectivity index (χ1n) is 6.87. The zero-order valence-electron chi connectivity index (χ0n) is 10.3. The number of aryl methyl sites for hydroxylation is 1. The molecule has 2 heterocycles. The van der Waals surface area contributed by atoms with Crippen molar-refractivity contribution in [3.05, 3.63) is 29.8 Å². The number of rotatable bonds is 2. The highest BCUT2D eigenvalue weighted by Gasteiger charge is 2.23. The first-order valence-corrected chi connectivity index (χ1v) is 6.87. The van der Waals surface area contributed by atoms with Crippen LogP contribution in [0.15, 0.2) is 24.3 Å².